The zero-order valence-corrected chi connectivity index (χ0v) is 13.1. The van der Waals surface area contributed by atoms with Crippen LogP contribution in [0.25, 0.3) is 0 Å². The maximum atomic E-state index is 12.1. The van der Waals surface area contributed by atoms with Crippen LogP contribution in [0.4, 0.5) is 11.4 Å². The standard InChI is InChI=1S/C14H16ClN3O5/c1-8(14(20)21)17(9-2-3-9)7-13(19)16-12-5-4-10(18(22)23)6-11(12)15/h4-6,8-9H,2-3,7H2,1H3,(H,16,19)(H,20,21). The lowest BCUT2D eigenvalue weighted by Gasteiger charge is -2.25. The lowest BCUT2D eigenvalue weighted by Crippen LogP contribution is -2.44. The number of nitro benzene ring substituents is 1. The third kappa shape index (κ3) is 4.40. The van der Waals surface area contributed by atoms with Crippen LogP contribution in [0.2, 0.25) is 5.02 Å². The van der Waals surface area contributed by atoms with Gasteiger partial charge in [-0.15, -0.1) is 0 Å². The first-order valence-corrected chi connectivity index (χ1v) is 7.39. The molecule has 1 fully saturated rings. The normalized spacial score (nSPS) is 15.3. The van der Waals surface area contributed by atoms with Gasteiger partial charge in [-0.3, -0.25) is 24.6 Å². The Labute approximate surface area is 137 Å². The van der Waals surface area contributed by atoms with Gasteiger partial charge < -0.3 is 10.4 Å². The van der Waals surface area contributed by atoms with Gasteiger partial charge in [0.25, 0.3) is 5.69 Å². The molecule has 0 saturated heterocycles. The molecule has 2 rings (SSSR count). The molecular weight excluding hydrogens is 326 g/mol. The zero-order valence-electron chi connectivity index (χ0n) is 12.4. The maximum Gasteiger partial charge on any atom is 0.320 e. The minimum absolute atomic E-state index is 0.0526. The molecule has 23 heavy (non-hydrogen) atoms. The van der Waals surface area contributed by atoms with E-state index in [1.807, 2.05) is 0 Å². The summed E-state index contributed by atoms with van der Waals surface area (Å²) >= 11 is 5.92. The van der Waals surface area contributed by atoms with Crippen LogP contribution in [0.15, 0.2) is 18.2 Å². The quantitative estimate of drug-likeness (QED) is 0.580. The Kier molecular flexibility index (Phi) is 5.17. The Bertz CT molecular complexity index is 647. The summed E-state index contributed by atoms with van der Waals surface area (Å²) in [5.74, 6) is -1.40. The minimum atomic E-state index is -0.988. The number of halogens is 1. The van der Waals surface area contributed by atoms with Gasteiger partial charge in [0.15, 0.2) is 0 Å². The number of benzene rings is 1. The van der Waals surface area contributed by atoms with Crippen molar-refractivity contribution in [3.63, 3.8) is 0 Å². The van der Waals surface area contributed by atoms with Gasteiger partial charge in [-0.25, -0.2) is 0 Å². The molecule has 1 aromatic carbocycles. The fourth-order valence-corrected chi connectivity index (χ4v) is 2.43. The monoisotopic (exact) mass is 341 g/mol. The van der Waals surface area contributed by atoms with E-state index in [1.54, 1.807) is 4.90 Å². The van der Waals surface area contributed by atoms with Gasteiger partial charge in [-0.2, -0.15) is 0 Å². The molecule has 0 aromatic heterocycles. The molecule has 0 spiro atoms. The van der Waals surface area contributed by atoms with E-state index in [4.69, 9.17) is 16.7 Å². The molecule has 0 bridgehead atoms. The topological polar surface area (TPSA) is 113 Å². The number of carboxylic acid groups (broad SMARTS) is 1. The molecule has 9 heteroatoms. The van der Waals surface area contributed by atoms with Crippen LogP contribution < -0.4 is 5.32 Å². The van der Waals surface area contributed by atoms with Crippen LogP contribution in [0.5, 0.6) is 0 Å². The molecule has 124 valence electrons. The average molecular weight is 342 g/mol. The Morgan fingerprint density at radius 2 is 2.17 bits per heavy atom. The van der Waals surface area contributed by atoms with E-state index in [9.17, 15) is 19.7 Å². The number of rotatable bonds is 7. The third-order valence-corrected chi connectivity index (χ3v) is 3.95. The second kappa shape index (κ2) is 6.93. The van der Waals surface area contributed by atoms with Crippen LogP contribution in [-0.2, 0) is 9.59 Å². The number of hydrogen-bond donors (Lipinski definition) is 2. The number of nitrogens with zero attached hydrogens (tertiary/aromatic N) is 2. The summed E-state index contributed by atoms with van der Waals surface area (Å²) in [7, 11) is 0. The first kappa shape index (κ1) is 17.2. The van der Waals surface area contributed by atoms with Gasteiger partial charge in [-0.05, 0) is 25.8 Å². The largest absolute Gasteiger partial charge is 0.480 e. The lowest BCUT2D eigenvalue weighted by atomic mass is 10.2. The Morgan fingerprint density at radius 3 is 2.65 bits per heavy atom. The number of nitrogens with one attached hydrogen (secondary N) is 1. The van der Waals surface area contributed by atoms with E-state index in [2.05, 4.69) is 5.32 Å². The predicted molar refractivity (Wildman–Crippen MR) is 83.6 cm³/mol. The smallest absolute Gasteiger partial charge is 0.320 e. The lowest BCUT2D eigenvalue weighted by molar-refractivity contribution is -0.384. The number of amides is 1. The molecule has 1 aliphatic carbocycles. The van der Waals surface area contributed by atoms with E-state index in [1.165, 1.54) is 19.1 Å². The van der Waals surface area contributed by atoms with Gasteiger partial charge >= 0.3 is 5.97 Å². The highest BCUT2D eigenvalue weighted by Gasteiger charge is 2.36. The van der Waals surface area contributed by atoms with E-state index in [0.717, 1.165) is 18.9 Å². The predicted octanol–water partition coefficient (Wildman–Crippen LogP) is 2.12. The van der Waals surface area contributed by atoms with Crippen LogP contribution in [0, 0.1) is 10.1 Å². The summed E-state index contributed by atoms with van der Waals surface area (Å²) in [6, 6.07) is 3.07. The molecule has 0 radical (unpaired) electrons. The summed E-state index contributed by atoms with van der Waals surface area (Å²) in [6.45, 7) is 1.46. The number of anilines is 1. The van der Waals surface area contributed by atoms with Crippen molar-refractivity contribution in [1.29, 1.82) is 0 Å². The molecule has 1 aliphatic rings. The fourth-order valence-electron chi connectivity index (χ4n) is 2.20. The van der Waals surface area contributed by atoms with E-state index >= 15 is 0 Å². The Hall–Kier alpha value is -2.19. The molecule has 0 heterocycles. The number of non-ortho nitro benzene ring substituents is 1. The van der Waals surface area contributed by atoms with Crippen molar-refractivity contribution in [2.24, 2.45) is 0 Å². The highest BCUT2D eigenvalue weighted by Crippen LogP contribution is 2.29. The fraction of sp³-hybridized carbons (Fsp3) is 0.429. The van der Waals surface area contributed by atoms with Crippen LogP contribution in [0.3, 0.4) is 0 Å². The highest BCUT2D eigenvalue weighted by atomic mass is 35.5. The van der Waals surface area contributed by atoms with Crippen molar-refractivity contribution in [3.8, 4) is 0 Å². The number of carbonyl (C=O) groups is 2. The van der Waals surface area contributed by atoms with Crippen molar-refractivity contribution in [3.05, 3.63) is 33.3 Å². The molecule has 1 atom stereocenters. The second-order valence-electron chi connectivity index (χ2n) is 5.39. The zero-order chi connectivity index (χ0) is 17.1. The molecule has 8 nitrogen and oxygen atoms in total. The molecule has 1 unspecified atom stereocenters. The molecule has 1 saturated carbocycles. The number of nitro groups is 1. The van der Waals surface area contributed by atoms with Crippen molar-refractivity contribution in [2.75, 3.05) is 11.9 Å². The van der Waals surface area contributed by atoms with Crippen molar-refractivity contribution < 1.29 is 19.6 Å². The molecule has 1 amide bonds. The number of hydrogen-bond acceptors (Lipinski definition) is 5. The van der Waals surface area contributed by atoms with Gasteiger partial charge in [0, 0.05) is 18.2 Å². The van der Waals surface area contributed by atoms with Gasteiger partial charge in [0.1, 0.15) is 6.04 Å². The first-order chi connectivity index (χ1) is 10.8. The van der Waals surface area contributed by atoms with Crippen molar-refractivity contribution in [1.82, 2.24) is 4.90 Å². The minimum Gasteiger partial charge on any atom is -0.480 e. The number of aliphatic carboxylic acids is 1. The average Bonchev–Trinajstić information content (AvgIpc) is 3.30. The van der Waals surface area contributed by atoms with Crippen LogP contribution in [-0.4, -0.2) is 45.4 Å². The Morgan fingerprint density at radius 1 is 1.52 bits per heavy atom. The first-order valence-electron chi connectivity index (χ1n) is 7.02. The summed E-state index contributed by atoms with van der Waals surface area (Å²) in [5.41, 5.74) is 0.0769. The number of carbonyl (C=O) groups excluding carboxylic acids is 1. The highest BCUT2D eigenvalue weighted by molar-refractivity contribution is 6.34. The molecule has 0 aliphatic heterocycles. The molecule has 2 N–H and O–H groups in total. The van der Waals surface area contributed by atoms with E-state index in [0.29, 0.717) is 0 Å². The van der Waals surface area contributed by atoms with E-state index < -0.39 is 22.8 Å². The van der Waals surface area contributed by atoms with Crippen molar-refractivity contribution in [2.45, 2.75) is 31.8 Å². The van der Waals surface area contributed by atoms with E-state index in [-0.39, 0.29) is 29.0 Å². The van der Waals surface area contributed by atoms with Gasteiger partial charge in [0.05, 0.1) is 22.2 Å². The van der Waals surface area contributed by atoms with Crippen LogP contribution >= 0.6 is 11.6 Å². The SMILES string of the molecule is CC(C(=O)O)N(CC(=O)Nc1ccc([N+](=O)[O-])cc1Cl)C1CC1. The number of carboxylic acids is 1. The molecular formula is C14H16ClN3O5. The molecule has 1 aromatic rings. The Balaban J connectivity index is 2.03. The van der Waals surface area contributed by atoms with Gasteiger partial charge in [0.2, 0.25) is 5.91 Å². The van der Waals surface area contributed by atoms with Crippen molar-refractivity contribution >= 4 is 34.9 Å². The summed E-state index contributed by atoms with van der Waals surface area (Å²) in [4.78, 5) is 34.9. The van der Waals surface area contributed by atoms with Gasteiger partial charge in [-0.1, -0.05) is 11.6 Å². The summed E-state index contributed by atoms with van der Waals surface area (Å²) in [6.07, 6.45) is 1.73. The maximum absolute atomic E-state index is 12.1. The summed E-state index contributed by atoms with van der Waals surface area (Å²) in [5, 5.41) is 22.4. The third-order valence-electron chi connectivity index (χ3n) is 3.63. The van der Waals surface area contributed by atoms with Crippen LogP contribution in [0.1, 0.15) is 19.8 Å². The summed E-state index contributed by atoms with van der Waals surface area (Å²) < 4.78 is 0. The second-order valence-corrected chi connectivity index (χ2v) is 5.79.